The molecule has 0 saturated heterocycles. The highest BCUT2D eigenvalue weighted by Gasteiger charge is 2.27. The van der Waals surface area contributed by atoms with Gasteiger partial charge in [-0.2, -0.15) is 4.31 Å². The topological polar surface area (TPSA) is 50.3 Å². The van der Waals surface area contributed by atoms with Crippen molar-refractivity contribution < 1.29 is 8.42 Å². The molecule has 20 heavy (non-hydrogen) atoms. The minimum absolute atomic E-state index is 0.00248. The molecule has 2 rings (SSSR count). The van der Waals surface area contributed by atoms with Crippen LogP contribution in [0.15, 0.2) is 40.7 Å². The van der Waals surface area contributed by atoms with Gasteiger partial charge in [-0.25, -0.2) is 13.4 Å². The molecule has 0 aromatic carbocycles. The third kappa shape index (κ3) is 3.20. The van der Waals surface area contributed by atoms with Gasteiger partial charge in [0, 0.05) is 24.2 Å². The number of aromatic nitrogens is 1. The first-order chi connectivity index (χ1) is 9.43. The molecule has 0 amide bonds. The van der Waals surface area contributed by atoms with Gasteiger partial charge < -0.3 is 0 Å². The second-order valence-corrected chi connectivity index (χ2v) is 7.80. The number of hydrogen-bond acceptors (Lipinski definition) is 4. The first-order valence-corrected chi connectivity index (χ1v) is 8.73. The maximum Gasteiger partial charge on any atom is 0.246 e. The predicted octanol–water partition coefficient (Wildman–Crippen LogP) is 3.05. The van der Waals surface area contributed by atoms with Gasteiger partial charge >= 0.3 is 0 Å². The molecule has 0 saturated carbocycles. The van der Waals surface area contributed by atoms with Crippen LogP contribution in [0.4, 0.5) is 0 Å². The zero-order chi connectivity index (χ0) is 14.8. The van der Waals surface area contributed by atoms with Crippen molar-refractivity contribution in [1.29, 1.82) is 0 Å². The number of rotatable bonds is 5. The smallest absolute Gasteiger partial charge is 0.243 e. The minimum Gasteiger partial charge on any atom is -0.243 e. The lowest BCUT2D eigenvalue weighted by Gasteiger charge is -2.24. The predicted molar refractivity (Wildman–Crippen MR) is 81.7 cm³/mol. The fraction of sp³-hybridized carbons (Fsp3) is 0.308. The highest BCUT2D eigenvalue weighted by atomic mass is 35.5. The molecular weight excluding hydrogens is 316 g/mol. The summed E-state index contributed by atoms with van der Waals surface area (Å²) in [6.45, 7) is 1.88. The number of sulfonamides is 1. The number of pyridine rings is 1. The highest BCUT2D eigenvalue weighted by molar-refractivity contribution is 7.89. The first kappa shape index (κ1) is 15.4. The second kappa shape index (κ2) is 6.22. The fourth-order valence-corrected chi connectivity index (χ4v) is 4.42. The van der Waals surface area contributed by atoms with Crippen LogP contribution < -0.4 is 0 Å². The van der Waals surface area contributed by atoms with Crippen molar-refractivity contribution in [3.8, 4) is 0 Å². The zero-order valence-corrected chi connectivity index (χ0v) is 13.5. The summed E-state index contributed by atoms with van der Waals surface area (Å²) in [6, 6.07) is 6.84. The average Bonchev–Trinajstić information content (AvgIpc) is 2.90. The molecule has 0 radical (unpaired) electrons. The van der Waals surface area contributed by atoms with Crippen LogP contribution >= 0.6 is 22.9 Å². The van der Waals surface area contributed by atoms with Crippen LogP contribution in [-0.4, -0.2) is 30.8 Å². The van der Waals surface area contributed by atoms with Crippen LogP contribution in [0.5, 0.6) is 0 Å². The van der Waals surface area contributed by atoms with Gasteiger partial charge in [0.1, 0.15) is 10.0 Å². The monoisotopic (exact) mass is 330 g/mol. The number of hydrogen-bond donors (Lipinski definition) is 0. The molecule has 0 fully saturated rings. The van der Waals surface area contributed by atoms with Crippen molar-refractivity contribution in [2.45, 2.75) is 24.3 Å². The lowest BCUT2D eigenvalue weighted by atomic mass is 10.2. The number of halogens is 1. The summed E-state index contributed by atoms with van der Waals surface area (Å²) < 4.78 is 26.4. The number of likely N-dealkylation sites (N-methyl/N-ethyl adjacent to an activating group) is 1. The van der Waals surface area contributed by atoms with E-state index in [0.717, 1.165) is 4.88 Å². The Hall–Kier alpha value is -0.950. The van der Waals surface area contributed by atoms with E-state index in [-0.39, 0.29) is 16.1 Å². The van der Waals surface area contributed by atoms with Crippen LogP contribution in [-0.2, 0) is 16.4 Å². The summed E-state index contributed by atoms with van der Waals surface area (Å²) in [6.07, 6.45) is 2.14. The minimum atomic E-state index is -3.63. The van der Waals surface area contributed by atoms with Gasteiger partial charge in [-0.3, -0.25) is 0 Å². The molecule has 0 aliphatic heterocycles. The quantitative estimate of drug-likeness (QED) is 0.792. The Morgan fingerprint density at radius 3 is 2.75 bits per heavy atom. The lowest BCUT2D eigenvalue weighted by molar-refractivity contribution is 0.388. The van der Waals surface area contributed by atoms with Gasteiger partial charge in [-0.05, 0) is 36.9 Å². The molecule has 0 N–H and O–H groups in total. The van der Waals surface area contributed by atoms with Gasteiger partial charge in [-0.1, -0.05) is 17.7 Å². The number of thiophene rings is 1. The molecule has 0 bridgehead atoms. The molecule has 2 aromatic rings. The van der Waals surface area contributed by atoms with Crippen LogP contribution in [0.3, 0.4) is 0 Å². The molecule has 4 nitrogen and oxygen atoms in total. The fourth-order valence-electron chi connectivity index (χ4n) is 1.80. The molecule has 7 heteroatoms. The Balaban J connectivity index is 2.23. The van der Waals surface area contributed by atoms with Crippen molar-refractivity contribution in [1.82, 2.24) is 9.29 Å². The highest BCUT2D eigenvalue weighted by Crippen LogP contribution is 2.24. The summed E-state index contributed by atoms with van der Waals surface area (Å²) >= 11 is 7.50. The zero-order valence-electron chi connectivity index (χ0n) is 11.2. The summed E-state index contributed by atoms with van der Waals surface area (Å²) in [4.78, 5) is 5.02. The summed E-state index contributed by atoms with van der Waals surface area (Å²) in [7, 11) is -2.06. The van der Waals surface area contributed by atoms with Crippen LogP contribution in [0.25, 0.3) is 0 Å². The van der Waals surface area contributed by atoms with Gasteiger partial charge in [0.25, 0.3) is 0 Å². The Labute approximate surface area is 128 Å². The van der Waals surface area contributed by atoms with Crippen LogP contribution in [0.1, 0.15) is 11.8 Å². The Kier molecular flexibility index (Phi) is 4.80. The Morgan fingerprint density at radius 1 is 1.40 bits per heavy atom. The van der Waals surface area contributed by atoms with Crippen LogP contribution in [0.2, 0.25) is 5.15 Å². The standard InChI is InChI=1S/C13H15ClN2O2S2/c1-10(9-11-5-4-8-19-11)16(2)20(17,18)12-6-3-7-15-13(12)14/h3-8,10H,9H2,1-2H3. The second-order valence-electron chi connectivity index (χ2n) is 4.45. The van der Waals surface area contributed by atoms with E-state index < -0.39 is 10.0 Å². The summed E-state index contributed by atoms with van der Waals surface area (Å²) in [5, 5.41) is 1.98. The van der Waals surface area contributed by atoms with E-state index in [1.165, 1.54) is 16.6 Å². The van der Waals surface area contributed by atoms with Gasteiger partial charge in [0.2, 0.25) is 10.0 Å². The third-order valence-electron chi connectivity index (χ3n) is 3.08. The maximum atomic E-state index is 12.5. The Morgan fingerprint density at radius 2 is 2.15 bits per heavy atom. The van der Waals surface area contributed by atoms with E-state index >= 15 is 0 Å². The van der Waals surface area contributed by atoms with E-state index in [2.05, 4.69) is 4.98 Å². The van der Waals surface area contributed by atoms with E-state index in [1.54, 1.807) is 24.5 Å². The van der Waals surface area contributed by atoms with Crippen molar-refractivity contribution in [3.63, 3.8) is 0 Å². The van der Waals surface area contributed by atoms with Gasteiger partial charge in [0.05, 0.1) is 0 Å². The van der Waals surface area contributed by atoms with Crippen LogP contribution in [0, 0.1) is 0 Å². The molecule has 0 aliphatic rings. The van der Waals surface area contributed by atoms with Gasteiger partial charge in [-0.15, -0.1) is 11.3 Å². The molecule has 2 aromatic heterocycles. The molecule has 0 spiro atoms. The maximum absolute atomic E-state index is 12.5. The molecule has 1 atom stereocenters. The van der Waals surface area contributed by atoms with Crippen molar-refractivity contribution in [2.75, 3.05) is 7.05 Å². The molecular formula is C13H15ClN2O2S2. The van der Waals surface area contributed by atoms with E-state index in [1.807, 2.05) is 24.4 Å². The molecule has 1 unspecified atom stereocenters. The SMILES string of the molecule is CC(Cc1cccs1)N(C)S(=O)(=O)c1cccnc1Cl. The van der Waals surface area contributed by atoms with E-state index in [4.69, 9.17) is 11.6 Å². The lowest BCUT2D eigenvalue weighted by Crippen LogP contribution is -2.36. The van der Waals surface area contributed by atoms with Crippen molar-refractivity contribution >= 4 is 33.0 Å². The van der Waals surface area contributed by atoms with Crippen molar-refractivity contribution in [2.24, 2.45) is 0 Å². The first-order valence-electron chi connectivity index (χ1n) is 6.04. The molecule has 0 aliphatic carbocycles. The average molecular weight is 331 g/mol. The van der Waals surface area contributed by atoms with E-state index in [9.17, 15) is 8.42 Å². The molecule has 108 valence electrons. The summed E-state index contributed by atoms with van der Waals surface area (Å²) in [5.74, 6) is 0. The summed E-state index contributed by atoms with van der Waals surface area (Å²) in [5.41, 5.74) is 0. The Bertz CT molecular complexity index is 671. The normalized spacial score (nSPS) is 13.6. The number of nitrogens with zero attached hydrogens (tertiary/aromatic N) is 2. The third-order valence-corrected chi connectivity index (χ3v) is 6.39. The largest absolute Gasteiger partial charge is 0.246 e. The van der Waals surface area contributed by atoms with Crippen molar-refractivity contribution in [3.05, 3.63) is 45.9 Å². The molecule has 2 heterocycles. The van der Waals surface area contributed by atoms with E-state index in [0.29, 0.717) is 6.42 Å². The van der Waals surface area contributed by atoms with Gasteiger partial charge in [0.15, 0.2) is 0 Å².